The van der Waals surface area contributed by atoms with Crippen molar-refractivity contribution >= 4 is 12.0 Å². The monoisotopic (exact) mass is 315 g/mol. The molecule has 23 heavy (non-hydrogen) atoms. The van der Waals surface area contributed by atoms with Gasteiger partial charge in [-0.05, 0) is 36.8 Å². The second kappa shape index (κ2) is 6.18. The summed E-state index contributed by atoms with van der Waals surface area (Å²) in [5, 5.41) is 13.2. The predicted molar refractivity (Wildman–Crippen MR) is 82.9 cm³/mol. The fraction of sp³-hybridized carbons (Fsp3) is 0.235. The first-order chi connectivity index (χ1) is 11.0. The van der Waals surface area contributed by atoms with Crippen LogP contribution in [0.25, 0.3) is 6.08 Å². The molecule has 1 aliphatic heterocycles. The Bertz CT molecular complexity index is 719. The highest BCUT2D eigenvalue weighted by atomic mass is 16.7. The topological polar surface area (TPSA) is 80.9 Å². The number of carbonyl (C=O) groups excluding carboxylic acids is 1. The standard InChI is InChI=1S/C17H17NO5/c1-17(20,13-3-4-14-15(8-13)23-11-22-14)10-18-16(19)5-2-12-6-7-21-9-12/h2-9,20H,10-11H2,1H3,(H,18,19). The van der Waals surface area contributed by atoms with Gasteiger partial charge in [0.25, 0.3) is 0 Å². The van der Waals surface area contributed by atoms with E-state index in [0.717, 1.165) is 5.56 Å². The third kappa shape index (κ3) is 3.54. The molecule has 0 aliphatic carbocycles. The minimum atomic E-state index is -1.22. The van der Waals surface area contributed by atoms with E-state index in [4.69, 9.17) is 13.9 Å². The maximum absolute atomic E-state index is 11.8. The van der Waals surface area contributed by atoms with Crippen LogP contribution in [0.15, 0.2) is 47.3 Å². The van der Waals surface area contributed by atoms with Crippen LogP contribution in [0.1, 0.15) is 18.1 Å². The van der Waals surface area contributed by atoms with Gasteiger partial charge in [-0.3, -0.25) is 4.79 Å². The molecule has 2 N–H and O–H groups in total. The van der Waals surface area contributed by atoms with Gasteiger partial charge in [-0.2, -0.15) is 0 Å². The molecule has 1 atom stereocenters. The van der Waals surface area contributed by atoms with Crippen LogP contribution in [-0.2, 0) is 10.4 Å². The summed E-state index contributed by atoms with van der Waals surface area (Å²) in [6.07, 6.45) is 6.09. The SMILES string of the molecule is CC(O)(CNC(=O)C=Cc1ccoc1)c1ccc2c(c1)OCO2. The lowest BCUT2D eigenvalue weighted by Crippen LogP contribution is -2.37. The molecule has 2 aromatic rings. The number of ether oxygens (including phenoxy) is 2. The molecule has 2 heterocycles. The van der Waals surface area contributed by atoms with Crippen LogP contribution in [0, 0.1) is 0 Å². The molecule has 0 saturated carbocycles. The van der Waals surface area contributed by atoms with Crippen molar-refractivity contribution in [3.8, 4) is 11.5 Å². The van der Waals surface area contributed by atoms with Crippen molar-refractivity contribution in [3.63, 3.8) is 0 Å². The zero-order valence-corrected chi connectivity index (χ0v) is 12.6. The molecule has 6 heteroatoms. The molecular weight excluding hydrogens is 298 g/mol. The summed E-state index contributed by atoms with van der Waals surface area (Å²) in [7, 11) is 0. The minimum Gasteiger partial charge on any atom is -0.472 e. The quantitative estimate of drug-likeness (QED) is 0.825. The number of nitrogens with one attached hydrogen (secondary N) is 1. The summed E-state index contributed by atoms with van der Waals surface area (Å²) in [5.41, 5.74) is 0.212. The van der Waals surface area contributed by atoms with E-state index in [1.807, 2.05) is 0 Å². The normalized spacial score (nSPS) is 15.6. The molecular formula is C17H17NO5. The smallest absolute Gasteiger partial charge is 0.244 e. The summed E-state index contributed by atoms with van der Waals surface area (Å²) < 4.78 is 15.5. The van der Waals surface area contributed by atoms with Crippen molar-refractivity contribution in [2.45, 2.75) is 12.5 Å². The third-order valence-corrected chi connectivity index (χ3v) is 3.57. The molecule has 0 saturated heterocycles. The van der Waals surface area contributed by atoms with E-state index in [9.17, 15) is 9.90 Å². The highest BCUT2D eigenvalue weighted by Crippen LogP contribution is 2.35. The van der Waals surface area contributed by atoms with Crippen LogP contribution in [0.3, 0.4) is 0 Å². The molecule has 120 valence electrons. The van der Waals surface area contributed by atoms with E-state index in [2.05, 4.69) is 5.32 Å². The van der Waals surface area contributed by atoms with Gasteiger partial charge in [0.15, 0.2) is 11.5 Å². The highest BCUT2D eigenvalue weighted by Gasteiger charge is 2.26. The van der Waals surface area contributed by atoms with Gasteiger partial charge in [0, 0.05) is 11.6 Å². The summed E-state index contributed by atoms with van der Waals surface area (Å²) in [6.45, 7) is 1.88. The number of benzene rings is 1. The Balaban J connectivity index is 1.61. The van der Waals surface area contributed by atoms with Crippen molar-refractivity contribution in [3.05, 3.63) is 54.0 Å². The second-order valence-corrected chi connectivity index (χ2v) is 5.45. The van der Waals surface area contributed by atoms with Gasteiger partial charge < -0.3 is 24.3 Å². The second-order valence-electron chi connectivity index (χ2n) is 5.45. The Hall–Kier alpha value is -2.73. The first-order valence-electron chi connectivity index (χ1n) is 7.15. The van der Waals surface area contributed by atoms with Crippen LogP contribution in [0.2, 0.25) is 0 Å². The molecule has 0 radical (unpaired) electrons. The first kappa shape index (κ1) is 15.2. The van der Waals surface area contributed by atoms with Crippen molar-refractivity contribution in [2.75, 3.05) is 13.3 Å². The van der Waals surface area contributed by atoms with E-state index in [-0.39, 0.29) is 19.2 Å². The van der Waals surface area contributed by atoms with E-state index in [1.165, 1.54) is 18.6 Å². The van der Waals surface area contributed by atoms with Gasteiger partial charge >= 0.3 is 0 Å². The van der Waals surface area contributed by atoms with Crippen molar-refractivity contribution in [2.24, 2.45) is 0 Å². The van der Waals surface area contributed by atoms with Crippen LogP contribution < -0.4 is 14.8 Å². The molecule has 1 amide bonds. The molecule has 1 unspecified atom stereocenters. The van der Waals surface area contributed by atoms with Crippen molar-refractivity contribution < 1.29 is 23.8 Å². The fourth-order valence-electron chi connectivity index (χ4n) is 2.19. The number of hydrogen-bond donors (Lipinski definition) is 2. The Morgan fingerprint density at radius 1 is 1.35 bits per heavy atom. The van der Waals surface area contributed by atoms with Crippen LogP contribution in [-0.4, -0.2) is 24.4 Å². The zero-order valence-electron chi connectivity index (χ0n) is 12.6. The van der Waals surface area contributed by atoms with Gasteiger partial charge in [-0.25, -0.2) is 0 Å². The van der Waals surface area contributed by atoms with Crippen LogP contribution in [0.5, 0.6) is 11.5 Å². The van der Waals surface area contributed by atoms with Gasteiger partial charge in [0.2, 0.25) is 12.7 Å². The largest absolute Gasteiger partial charge is 0.472 e. The van der Waals surface area contributed by atoms with E-state index >= 15 is 0 Å². The fourth-order valence-corrected chi connectivity index (χ4v) is 2.19. The Labute approximate surface area is 133 Å². The van der Waals surface area contributed by atoms with Gasteiger partial charge in [0.05, 0.1) is 19.1 Å². The van der Waals surface area contributed by atoms with Crippen molar-refractivity contribution in [1.29, 1.82) is 0 Å². The van der Waals surface area contributed by atoms with Gasteiger partial charge in [-0.1, -0.05) is 6.07 Å². The molecule has 1 aromatic heterocycles. The van der Waals surface area contributed by atoms with Gasteiger partial charge in [-0.15, -0.1) is 0 Å². The average Bonchev–Trinajstić information content (AvgIpc) is 3.21. The average molecular weight is 315 g/mol. The number of carbonyl (C=O) groups is 1. The lowest BCUT2D eigenvalue weighted by atomic mass is 9.95. The minimum absolute atomic E-state index is 0.0706. The summed E-state index contributed by atoms with van der Waals surface area (Å²) in [5.74, 6) is 0.942. The number of rotatable bonds is 5. The maximum atomic E-state index is 11.8. The molecule has 0 fully saturated rings. The first-order valence-corrected chi connectivity index (χ1v) is 7.15. The van der Waals surface area contributed by atoms with Crippen molar-refractivity contribution in [1.82, 2.24) is 5.32 Å². The Morgan fingerprint density at radius 3 is 2.96 bits per heavy atom. The molecule has 3 rings (SSSR count). The number of furan rings is 1. The number of fused-ring (bicyclic) bond motifs is 1. The lowest BCUT2D eigenvalue weighted by molar-refractivity contribution is -0.117. The molecule has 6 nitrogen and oxygen atoms in total. The third-order valence-electron chi connectivity index (χ3n) is 3.57. The zero-order chi connectivity index (χ0) is 16.3. The lowest BCUT2D eigenvalue weighted by Gasteiger charge is -2.24. The predicted octanol–water partition coefficient (Wildman–Crippen LogP) is 2.05. The van der Waals surface area contributed by atoms with Crippen LogP contribution >= 0.6 is 0 Å². The summed E-state index contributed by atoms with van der Waals surface area (Å²) in [4.78, 5) is 11.8. The maximum Gasteiger partial charge on any atom is 0.244 e. The number of amides is 1. The van der Waals surface area contributed by atoms with Gasteiger partial charge in [0.1, 0.15) is 5.60 Å². The highest BCUT2D eigenvalue weighted by molar-refractivity contribution is 5.91. The Kier molecular flexibility index (Phi) is 4.08. The van der Waals surface area contributed by atoms with E-state index in [1.54, 1.807) is 37.3 Å². The number of hydrogen-bond acceptors (Lipinski definition) is 5. The van der Waals surface area contributed by atoms with E-state index < -0.39 is 5.60 Å². The summed E-state index contributed by atoms with van der Waals surface area (Å²) >= 11 is 0. The molecule has 1 aromatic carbocycles. The number of aliphatic hydroxyl groups is 1. The Morgan fingerprint density at radius 2 is 2.17 bits per heavy atom. The molecule has 0 bridgehead atoms. The molecule has 1 aliphatic rings. The van der Waals surface area contributed by atoms with E-state index in [0.29, 0.717) is 17.1 Å². The molecule has 0 spiro atoms. The van der Waals surface area contributed by atoms with Crippen LogP contribution in [0.4, 0.5) is 0 Å². The summed E-state index contributed by atoms with van der Waals surface area (Å²) in [6, 6.07) is 6.95.